The zero-order chi connectivity index (χ0) is 12.3. The Labute approximate surface area is 104 Å². The van der Waals surface area contributed by atoms with Crippen LogP contribution < -0.4 is 10.6 Å². The average molecular weight is 260 g/mol. The quantitative estimate of drug-likeness (QED) is 0.710. The van der Waals surface area contributed by atoms with Crippen LogP contribution in [-0.2, 0) is 20.3 Å². The van der Waals surface area contributed by atoms with E-state index in [-0.39, 0.29) is 24.1 Å². The van der Waals surface area contributed by atoms with Gasteiger partial charge < -0.3 is 15.4 Å². The van der Waals surface area contributed by atoms with Crippen LogP contribution in [0.4, 0.5) is 0 Å². The van der Waals surface area contributed by atoms with Crippen molar-refractivity contribution in [1.82, 2.24) is 10.6 Å². The Kier molecular flexibility index (Phi) is 4.53. The molecule has 2 fully saturated rings. The van der Waals surface area contributed by atoms with Gasteiger partial charge in [0, 0.05) is 42.0 Å². The molecular formula is C11H20N2O3S. The van der Waals surface area contributed by atoms with E-state index in [9.17, 15) is 9.00 Å². The monoisotopic (exact) mass is 260 g/mol. The first kappa shape index (κ1) is 13.0. The van der Waals surface area contributed by atoms with Crippen LogP contribution in [0.25, 0.3) is 0 Å². The predicted octanol–water partition coefficient (Wildman–Crippen LogP) is -0.609. The number of carbonyl (C=O) groups excluding carboxylic acids is 1. The number of nitrogens with one attached hydrogen (secondary N) is 2. The van der Waals surface area contributed by atoms with Gasteiger partial charge >= 0.3 is 0 Å². The van der Waals surface area contributed by atoms with E-state index in [1.54, 1.807) is 7.11 Å². The zero-order valence-electron chi connectivity index (χ0n) is 10.1. The van der Waals surface area contributed by atoms with Crippen LogP contribution in [0.1, 0.15) is 19.3 Å². The van der Waals surface area contributed by atoms with Crippen LogP contribution in [-0.4, -0.2) is 53.5 Å². The Hall–Kier alpha value is -0.460. The van der Waals surface area contributed by atoms with E-state index in [0.29, 0.717) is 11.5 Å². The van der Waals surface area contributed by atoms with Crippen LogP contribution in [0.5, 0.6) is 0 Å². The lowest BCUT2D eigenvalue weighted by atomic mass is 10.1. The number of hydrogen-bond donors (Lipinski definition) is 2. The van der Waals surface area contributed by atoms with Crippen molar-refractivity contribution < 1.29 is 13.7 Å². The van der Waals surface area contributed by atoms with E-state index in [1.165, 1.54) is 0 Å². The molecule has 2 atom stereocenters. The molecule has 0 aliphatic carbocycles. The van der Waals surface area contributed by atoms with E-state index in [0.717, 1.165) is 25.8 Å². The molecule has 5 nitrogen and oxygen atoms in total. The summed E-state index contributed by atoms with van der Waals surface area (Å²) in [4.78, 5) is 12.0. The third-order valence-electron chi connectivity index (χ3n) is 3.47. The molecule has 2 heterocycles. The van der Waals surface area contributed by atoms with Crippen LogP contribution in [0, 0.1) is 0 Å². The van der Waals surface area contributed by atoms with Gasteiger partial charge in [-0.1, -0.05) is 0 Å². The van der Waals surface area contributed by atoms with Gasteiger partial charge in [0.2, 0.25) is 5.91 Å². The molecule has 0 saturated carbocycles. The fourth-order valence-electron chi connectivity index (χ4n) is 2.32. The first-order chi connectivity index (χ1) is 8.19. The summed E-state index contributed by atoms with van der Waals surface area (Å²) in [5.41, 5.74) is 0. The van der Waals surface area contributed by atoms with Crippen LogP contribution in [0.15, 0.2) is 0 Å². The van der Waals surface area contributed by atoms with Crippen LogP contribution >= 0.6 is 0 Å². The summed E-state index contributed by atoms with van der Waals surface area (Å²) in [5.74, 6) is 1.48. The molecule has 0 spiro atoms. The third kappa shape index (κ3) is 3.50. The molecule has 2 aliphatic rings. The Morgan fingerprint density at radius 2 is 2.12 bits per heavy atom. The second-order valence-corrected chi connectivity index (χ2v) is 6.38. The number of rotatable bonds is 3. The molecule has 2 N–H and O–H groups in total. The second kappa shape index (κ2) is 5.93. The normalized spacial score (nSPS) is 37.9. The summed E-state index contributed by atoms with van der Waals surface area (Å²) in [6.45, 7) is 0.739. The highest BCUT2D eigenvalue weighted by Crippen LogP contribution is 2.12. The van der Waals surface area contributed by atoms with Crippen molar-refractivity contribution in [2.45, 2.75) is 37.5 Å². The molecule has 6 heteroatoms. The van der Waals surface area contributed by atoms with Crippen LogP contribution in [0.3, 0.4) is 0 Å². The molecule has 98 valence electrons. The Morgan fingerprint density at radius 3 is 2.71 bits per heavy atom. The molecular weight excluding hydrogens is 240 g/mol. The van der Waals surface area contributed by atoms with E-state index in [1.807, 2.05) is 0 Å². The molecule has 0 bridgehead atoms. The van der Waals surface area contributed by atoms with Crippen molar-refractivity contribution >= 4 is 16.7 Å². The van der Waals surface area contributed by atoms with E-state index >= 15 is 0 Å². The molecule has 2 unspecified atom stereocenters. The van der Waals surface area contributed by atoms with Gasteiger partial charge in [-0.15, -0.1) is 0 Å². The number of methoxy groups -OCH3 is 1. The maximum absolute atomic E-state index is 12.0. The van der Waals surface area contributed by atoms with Gasteiger partial charge in [0.15, 0.2) is 0 Å². The minimum Gasteiger partial charge on any atom is -0.380 e. The van der Waals surface area contributed by atoms with Crippen molar-refractivity contribution in [3.8, 4) is 0 Å². The molecule has 1 amide bonds. The molecule has 0 radical (unpaired) electrons. The molecule has 2 aliphatic heterocycles. The summed E-state index contributed by atoms with van der Waals surface area (Å²) < 4.78 is 16.4. The number of amides is 1. The molecule has 2 rings (SSSR count). The summed E-state index contributed by atoms with van der Waals surface area (Å²) >= 11 is 0. The molecule has 17 heavy (non-hydrogen) atoms. The lowest BCUT2D eigenvalue weighted by molar-refractivity contribution is -0.123. The lowest BCUT2D eigenvalue weighted by Gasteiger charge is -2.24. The average Bonchev–Trinajstić information content (AvgIpc) is 2.81. The Bertz CT molecular complexity index is 301. The minimum atomic E-state index is -0.672. The summed E-state index contributed by atoms with van der Waals surface area (Å²) in [6.07, 6.45) is 2.54. The second-order valence-electron chi connectivity index (χ2n) is 4.69. The highest BCUT2D eigenvalue weighted by atomic mass is 32.2. The summed E-state index contributed by atoms with van der Waals surface area (Å²) in [5, 5.41) is 6.19. The van der Waals surface area contributed by atoms with E-state index in [2.05, 4.69) is 10.6 Å². The van der Waals surface area contributed by atoms with Gasteiger partial charge in [-0.2, -0.15) is 0 Å². The summed E-state index contributed by atoms with van der Waals surface area (Å²) in [6, 6.07) is 0.0657. The van der Waals surface area contributed by atoms with Gasteiger partial charge in [0.1, 0.15) is 0 Å². The maximum Gasteiger partial charge on any atom is 0.237 e. The maximum atomic E-state index is 12.0. The topological polar surface area (TPSA) is 67.4 Å². The van der Waals surface area contributed by atoms with E-state index in [4.69, 9.17) is 4.74 Å². The van der Waals surface area contributed by atoms with Gasteiger partial charge in [0.05, 0.1) is 12.1 Å². The predicted molar refractivity (Wildman–Crippen MR) is 66.2 cm³/mol. The van der Waals surface area contributed by atoms with Gasteiger partial charge in [-0.05, 0) is 19.3 Å². The fourth-order valence-corrected chi connectivity index (χ4v) is 3.62. The van der Waals surface area contributed by atoms with Crippen molar-refractivity contribution in [2.75, 3.05) is 25.2 Å². The minimum absolute atomic E-state index is 0.0576. The Morgan fingerprint density at radius 1 is 1.41 bits per heavy atom. The first-order valence-electron chi connectivity index (χ1n) is 6.10. The number of carbonyl (C=O) groups is 1. The fraction of sp³-hybridized carbons (Fsp3) is 0.909. The smallest absolute Gasteiger partial charge is 0.237 e. The standard InChI is InChI=1S/C11H20N2O3S/c1-16-9-6-10(12-7-9)11(14)13-8-2-4-17(15)5-3-8/h8-10,12H,2-7H2,1H3,(H,13,14). The molecule has 0 aromatic rings. The van der Waals surface area contributed by atoms with Gasteiger partial charge in [-0.25, -0.2) is 0 Å². The van der Waals surface area contributed by atoms with E-state index < -0.39 is 10.8 Å². The van der Waals surface area contributed by atoms with Crippen molar-refractivity contribution in [3.05, 3.63) is 0 Å². The SMILES string of the molecule is COC1CNC(C(=O)NC2CCS(=O)CC2)C1. The number of ether oxygens (including phenoxy) is 1. The third-order valence-corrected chi connectivity index (χ3v) is 4.86. The first-order valence-corrected chi connectivity index (χ1v) is 7.59. The molecule has 0 aromatic carbocycles. The van der Waals surface area contributed by atoms with Crippen LogP contribution in [0.2, 0.25) is 0 Å². The summed E-state index contributed by atoms with van der Waals surface area (Å²) in [7, 11) is 0.998. The molecule has 0 aromatic heterocycles. The lowest BCUT2D eigenvalue weighted by Crippen LogP contribution is -2.47. The van der Waals surface area contributed by atoms with Gasteiger partial charge in [-0.3, -0.25) is 9.00 Å². The van der Waals surface area contributed by atoms with Crippen molar-refractivity contribution in [3.63, 3.8) is 0 Å². The zero-order valence-corrected chi connectivity index (χ0v) is 10.9. The highest BCUT2D eigenvalue weighted by molar-refractivity contribution is 7.85. The van der Waals surface area contributed by atoms with Crippen molar-refractivity contribution in [2.24, 2.45) is 0 Å². The Balaban J connectivity index is 1.75. The van der Waals surface area contributed by atoms with Gasteiger partial charge in [0.25, 0.3) is 0 Å². The highest BCUT2D eigenvalue weighted by Gasteiger charge is 2.30. The largest absolute Gasteiger partial charge is 0.380 e. The number of hydrogen-bond acceptors (Lipinski definition) is 4. The van der Waals surface area contributed by atoms with Crippen molar-refractivity contribution in [1.29, 1.82) is 0 Å². The molecule has 2 saturated heterocycles.